The van der Waals surface area contributed by atoms with Crippen LogP contribution in [0.15, 0.2) is 40.9 Å². The number of aliphatic imine (C=N–C) groups is 1. The highest BCUT2D eigenvalue weighted by Crippen LogP contribution is 2.09. The van der Waals surface area contributed by atoms with E-state index in [4.69, 9.17) is 0 Å². The number of rotatable bonds is 2. The summed E-state index contributed by atoms with van der Waals surface area (Å²) in [6.45, 7) is 5.06. The van der Waals surface area contributed by atoms with E-state index in [9.17, 15) is 0 Å². The van der Waals surface area contributed by atoms with Crippen molar-refractivity contribution >= 4 is 5.71 Å². The second kappa shape index (κ2) is 4.70. The first-order valence-corrected chi connectivity index (χ1v) is 4.48. The van der Waals surface area contributed by atoms with Crippen LogP contribution in [0.2, 0.25) is 0 Å². The number of allylic oxidation sites excluding steroid dienone is 6. The lowest BCUT2D eigenvalue weighted by Crippen LogP contribution is -2.00. The van der Waals surface area contributed by atoms with Gasteiger partial charge < -0.3 is 0 Å². The maximum atomic E-state index is 4.39. The van der Waals surface area contributed by atoms with E-state index in [-0.39, 0.29) is 0 Å². The summed E-state index contributed by atoms with van der Waals surface area (Å²) in [4.78, 5) is 4.39. The Bertz CT molecular complexity index is 226. The molecular weight excluding hydrogens is 146 g/mol. The monoisotopic (exact) mass is 161 g/mol. The summed E-state index contributed by atoms with van der Waals surface area (Å²) < 4.78 is 0. The Morgan fingerprint density at radius 2 is 2.00 bits per heavy atom. The average molecular weight is 161 g/mol. The first-order valence-electron chi connectivity index (χ1n) is 4.48. The van der Waals surface area contributed by atoms with Crippen LogP contribution in [-0.4, -0.2) is 12.3 Å². The molecule has 0 aromatic carbocycles. The minimum atomic E-state index is 0.856. The highest BCUT2D eigenvalue weighted by atomic mass is 14.7. The molecule has 0 atom stereocenters. The molecule has 0 saturated carbocycles. The molecule has 0 bridgehead atoms. The van der Waals surface area contributed by atoms with Gasteiger partial charge in [0.25, 0.3) is 0 Å². The fraction of sp³-hybridized carbons (Fsp3) is 0.364. The molecule has 0 aromatic heterocycles. The van der Waals surface area contributed by atoms with E-state index in [2.05, 4.69) is 43.1 Å². The molecule has 1 rings (SSSR count). The summed E-state index contributed by atoms with van der Waals surface area (Å²) in [6, 6.07) is 0. The Morgan fingerprint density at radius 3 is 2.67 bits per heavy atom. The number of nitrogens with zero attached hydrogens (tertiary/aromatic N) is 1. The molecule has 0 N–H and O–H groups in total. The maximum Gasteiger partial charge on any atom is 0.0643 e. The lowest BCUT2D eigenvalue weighted by molar-refractivity contribution is 1.13. The number of hydrogen-bond acceptors (Lipinski definition) is 1. The zero-order valence-corrected chi connectivity index (χ0v) is 7.75. The van der Waals surface area contributed by atoms with Crippen molar-refractivity contribution in [3.05, 3.63) is 36.0 Å². The first-order chi connectivity index (χ1) is 5.88. The quantitative estimate of drug-likeness (QED) is 0.590. The van der Waals surface area contributed by atoms with Gasteiger partial charge in [-0.25, -0.2) is 0 Å². The lowest BCUT2D eigenvalue weighted by Gasteiger charge is -2.05. The summed E-state index contributed by atoms with van der Waals surface area (Å²) >= 11 is 0. The molecule has 12 heavy (non-hydrogen) atoms. The second-order valence-electron chi connectivity index (χ2n) is 2.65. The predicted molar refractivity (Wildman–Crippen MR) is 54.6 cm³/mol. The Hall–Kier alpha value is -1.11. The van der Waals surface area contributed by atoms with Crippen molar-refractivity contribution in [2.45, 2.75) is 20.3 Å². The Morgan fingerprint density at radius 1 is 1.25 bits per heavy atom. The van der Waals surface area contributed by atoms with Crippen LogP contribution in [0.1, 0.15) is 20.3 Å². The van der Waals surface area contributed by atoms with Gasteiger partial charge in [0.15, 0.2) is 0 Å². The van der Waals surface area contributed by atoms with Crippen molar-refractivity contribution in [3.8, 4) is 0 Å². The smallest absolute Gasteiger partial charge is 0.0643 e. The Balaban J connectivity index is 2.85. The summed E-state index contributed by atoms with van der Waals surface area (Å²) in [5, 5.41) is 0. The van der Waals surface area contributed by atoms with Crippen LogP contribution in [0.4, 0.5) is 0 Å². The van der Waals surface area contributed by atoms with Crippen LogP contribution in [-0.2, 0) is 0 Å². The van der Waals surface area contributed by atoms with Crippen molar-refractivity contribution in [1.82, 2.24) is 0 Å². The van der Waals surface area contributed by atoms with Crippen molar-refractivity contribution in [2.24, 2.45) is 4.99 Å². The summed E-state index contributed by atoms with van der Waals surface area (Å²) in [5.41, 5.74) is 2.36. The van der Waals surface area contributed by atoms with Gasteiger partial charge in [-0.15, -0.1) is 0 Å². The minimum Gasteiger partial charge on any atom is -0.285 e. The molecule has 0 saturated heterocycles. The summed E-state index contributed by atoms with van der Waals surface area (Å²) in [5.74, 6) is 0. The van der Waals surface area contributed by atoms with E-state index in [1.807, 2.05) is 6.08 Å². The third kappa shape index (κ3) is 2.19. The molecule has 1 aliphatic rings. The fourth-order valence-electron chi connectivity index (χ4n) is 1.19. The highest BCUT2D eigenvalue weighted by molar-refractivity contribution is 6.11. The molecule has 0 fully saturated rings. The first kappa shape index (κ1) is 8.98. The van der Waals surface area contributed by atoms with E-state index in [1.165, 1.54) is 5.57 Å². The molecule has 0 radical (unpaired) electrons. The van der Waals surface area contributed by atoms with Gasteiger partial charge in [-0.1, -0.05) is 31.2 Å². The van der Waals surface area contributed by atoms with Crippen molar-refractivity contribution in [1.29, 1.82) is 0 Å². The second-order valence-corrected chi connectivity index (χ2v) is 2.65. The molecule has 0 heterocycles. The van der Waals surface area contributed by atoms with Gasteiger partial charge in [-0.2, -0.15) is 0 Å². The molecule has 1 heteroatoms. The van der Waals surface area contributed by atoms with E-state index in [1.54, 1.807) is 0 Å². The van der Waals surface area contributed by atoms with Crippen LogP contribution in [0.3, 0.4) is 0 Å². The third-order valence-electron chi connectivity index (χ3n) is 1.69. The largest absolute Gasteiger partial charge is 0.285 e. The van der Waals surface area contributed by atoms with Gasteiger partial charge in [0, 0.05) is 6.54 Å². The van der Waals surface area contributed by atoms with Crippen molar-refractivity contribution in [3.63, 3.8) is 0 Å². The van der Waals surface area contributed by atoms with Crippen molar-refractivity contribution in [2.75, 3.05) is 6.54 Å². The van der Waals surface area contributed by atoms with E-state index >= 15 is 0 Å². The summed E-state index contributed by atoms with van der Waals surface area (Å²) in [7, 11) is 0. The van der Waals surface area contributed by atoms with Gasteiger partial charge >= 0.3 is 0 Å². The van der Waals surface area contributed by atoms with Gasteiger partial charge in [-0.05, 0) is 25.0 Å². The van der Waals surface area contributed by atoms with Crippen LogP contribution < -0.4 is 0 Å². The zero-order chi connectivity index (χ0) is 8.81. The summed E-state index contributed by atoms with van der Waals surface area (Å²) in [6.07, 6.45) is 11.5. The third-order valence-corrected chi connectivity index (χ3v) is 1.69. The van der Waals surface area contributed by atoms with Gasteiger partial charge in [0.05, 0.1) is 5.71 Å². The topological polar surface area (TPSA) is 12.4 Å². The van der Waals surface area contributed by atoms with Crippen LogP contribution >= 0.6 is 0 Å². The van der Waals surface area contributed by atoms with Crippen molar-refractivity contribution < 1.29 is 0 Å². The number of hydrogen-bond donors (Lipinski definition) is 0. The van der Waals surface area contributed by atoms with E-state index < -0.39 is 0 Å². The molecule has 0 spiro atoms. The molecule has 1 nitrogen and oxygen atoms in total. The normalized spacial score (nSPS) is 22.5. The molecule has 0 amide bonds. The molecule has 0 unspecified atom stereocenters. The van der Waals surface area contributed by atoms with Gasteiger partial charge in [0.1, 0.15) is 0 Å². The lowest BCUT2D eigenvalue weighted by atomic mass is 10.0. The molecule has 0 aromatic rings. The molecule has 1 aliphatic carbocycles. The maximum absolute atomic E-state index is 4.39. The average Bonchev–Trinajstić information content (AvgIpc) is 2.09. The molecule has 0 aliphatic heterocycles. The zero-order valence-electron chi connectivity index (χ0n) is 7.75. The van der Waals surface area contributed by atoms with Gasteiger partial charge in [0.2, 0.25) is 0 Å². The SMILES string of the molecule is CC/C=C1/C=CC=CC1=NCC. The molecule has 64 valence electrons. The Labute approximate surface area is 74.2 Å². The van der Waals surface area contributed by atoms with E-state index in [0.717, 1.165) is 18.7 Å². The Kier molecular flexibility index (Phi) is 3.52. The van der Waals surface area contributed by atoms with Crippen LogP contribution in [0.5, 0.6) is 0 Å². The van der Waals surface area contributed by atoms with Crippen LogP contribution in [0, 0.1) is 0 Å². The predicted octanol–water partition coefficient (Wildman–Crippen LogP) is 2.91. The van der Waals surface area contributed by atoms with Crippen LogP contribution in [0.25, 0.3) is 0 Å². The fourth-order valence-corrected chi connectivity index (χ4v) is 1.19. The standard InChI is InChI=1S/C11H15N/c1-3-7-10-8-5-6-9-11(10)12-4-2/h5-9H,3-4H2,1-2H3/b10-7-,12-11?. The van der Waals surface area contributed by atoms with E-state index in [0.29, 0.717) is 0 Å². The van der Waals surface area contributed by atoms with Gasteiger partial charge in [-0.3, -0.25) is 4.99 Å². The highest BCUT2D eigenvalue weighted by Gasteiger charge is 2.00. The minimum absolute atomic E-state index is 0.856. The molecular formula is C11H15N.